The fourth-order valence-corrected chi connectivity index (χ4v) is 12.6. The van der Waals surface area contributed by atoms with E-state index >= 15 is 0 Å². The van der Waals surface area contributed by atoms with Gasteiger partial charge in [-0.1, -0.05) is 147 Å². The minimum absolute atomic E-state index is 0.131. The van der Waals surface area contributed by atoms with E-state index in [1.54, 1.807) is 0 Å². The van der Waals surface area contributed by atoms with Gasteiger partial charge in [0.15, 0.2) is 0 Å². The third kappa shape index (κ3) is 5.63. The van der Waals surface area contributed by atoms with Crippen LogP contribution in [0.4, 0.5) is 17.1 Å². The van der Waals surface area contributed by atoms with Crippen molar-refractivity contribution in [3.63, 3.8) is 0 Å². The van der Waals surface area contributed by atoms with E-state index in [9.17, 15) is 0 Å². The van der Waals surface area contributed by atoms with Gasteiger partial charge in [0.05, 0.1) is 22.1 Å². The van der Waals surface area contributed by atoms with Crippen molar-refractivity contribution >= 4 is 92.2 Å². The first-order valence-corrected chi connectivity index (χ1v) is 24.0. The molecule has 13 aromatic rings. The highest BCUT2D eigenvalue weighted by molar-refractivity contribution is 7.26. The van der Waals surface area contributed by atoms with Gasteiger partial charge in [0.25, 0.3) is 0 Å². The van der Waals surface area contributed by atoms with E-state index in [4.69, 9.17) is 0 Å². The van der Waals surface area contributed by atoms with Crippen LogP contribution in [0, 0.1) is 0 Å². The quantitative estimate of drug-likeness (QED) is 0.162. The molecule has 3 heterocycles. The summed E-state index contributed by atoms with van der Waals surface area (Å²) in [6, 6.07) is 83.0. The first-order chi connectivity index (χ1) is 33.0. The van der Waals surface area contributed by atoms with Crippen LogP contribution >= 0.6 is 11.3 Å². The Hall–Kier alpha value is -8.18. The van der Waals surface area contributed by atoms with Gasteiger partial charge in [-0.25, -0.2) is 0 Å². The fraction of sp³-hybridized carbons (Fsp3) is 0.0476. The molecule has 1 aliphatic carbocycles. The first-order valence-electron chi connectivity index (χ1n) is 23.2. The second-order valence-electron chi connectivity index (χ2n) is 18.5. The van der Waals surface area contributed by atoms with Gasteiger partial charge in [-0.05, 0) is 124 Å². The molecule has 0 amide bonds. The highest BCUT2D eigenvalue weighted by atomic mass is 32.1. The Kier molecular flexibility index (Phi) is 8.20. The van der Waals surface area contributed by atoms with E-state index in [-0.39, 0.29) is 5.41 Å². The minimum Gasteiger partial charge on any atom is -0.310 e. The Bertz CT molecular complexity index is 4110. The summed E-state index contributed by atoms with van der Waals surface area (Å²) in [6.45, 7) is 4.73. The average Bonchev–Trinajstić information content (AvgIpc) is 4.09. The Morgan fingerprint density at radius 2 is 0.955 bits per heavy atom. The van der Waals surface area contributed by atoms with Gasteiger partial charge in [0.2, 0.25) is 0 Å². The van der Waals surface area contributed by atoms with Crippen molar-refractivity contribution in [1.29, 1.82) is 0 Å². The molecule has 0 spiro atoms. The van der Waals surface area contributed by atoms with Crippen molar-refractivity contribution in [1.82, 2.24) is 9.13 Å². The van der Waals surface area contributed by atoms with E-state index in [2.05, 4.69) is 252 Å². The summed E-state index contributed by atoms with van der Waals surface area (Å²) < 4.78 is 7.51. The number of nitrogens with zero attached hydrogens (tertiary/aromatic N) is 3. The number of thiophene rings is 1. The van der Waals surface area contributed by atoms with E-state index in [1.807, 2.05) is 11.3 Å². The number of hydrogen-bond acceptors (Lipinski definition) is 2. The average molecular weight is 874 g/mol. The predicted octanol–water partition coefficient (Wildman–Crippen LogP) is 17.7. The fourth-order valence-electron chi connectivity index (χ4n) is 11.4. The molecule has 0 aliphatic heterocycles. The van der Waals surface area contributed by atoms with Gasteiger partial charge in [-0.3, -0.25) is 0 Å². The molecule has 10 aromatic carbocycles. The highest BCUT2D eigenvalue weighted by Crippen LogP contribution is 2.51. The topological polar surface area (TPSA) is 13.1 Å². The molecule has 0 saturated heterocycles. The molecular weight excluding hydrogens is 831 g/mol. The van der Waals surface area contributed by atoms with Crippen LogP contribution in [0.1, 0.15) is 25.0 Å². The number of anilines is 3. The summed E-state index contributed by atoms with van der Waals surface area (Å²) in [5, 5.41) is 7.70. The summed E-state index contributed by atoms with van der Waals surface area (Å²) in [7, 11) is 0. The maximum absolute atomic E-state index is 2.45. The standard InChI is InChI=1S/C63H43N3S/c1-63(2)54-22-12-9-19-47(54)48-33-30-46(39-55(48)63)64(45-31-35-57-53(38-45)49-20-10-13-23-56(49)65(57)42-15-5-3-6-16-42)44-28-25-40(26-29-44)41-27-32-52-59(37-41)66(43-17-7-4-8-18-43)58-36-34-51-50-21-11-14-24-60(50)67-62(51)61(52)58/h3-39H,1-2H3. The van der Waals surface area contributed by atoms with E-state index < -0.39 is 0 Å². The number of fused-ring (bicyclic) bond motifs is 13. The van der Waals surface area contributed by atoms with E-state index in [1.165, 1.54) is 97.2 Å². The second-order valence-corrected chi connectivity index (χ2v) is 19.6. The van der Waals surface area contributed by atoms with Gasteiger partial charge < -0.3 is 14.0 Å². The SMILES string of the molecule is CC1(C)c2ccccc2-c2ccc(N(c3ccc(-c4ccc5c6c7sc8ccccc8c7ccc6n(-c6ccccc6)c5c4)cc3)c3ccc4c(c3)c3ccccc3n4-c3ccccc3)cc21. The molecule has 4 heteroatoms. The van der Waals surface area contributed by atoms with Crippen LogP contribution in [0.2, 0.25) is 0 Å². The van der Waals surface area contributed by atoms with E-state index in [0.29, 0.717) is 0 Å². The summed E-state index contributed by atoms with van der Waals surface area (Å²) in [6.07, 6.45) is 0. The molecule has 316 valence electrons. The molecule has 3 nitrogen and oxygen atoms in total. The Balaban J connectivity index is 0.937. The molecule has 3 aromatic heterocycles. The van der Waals surface area contributed by atoms with Gasteiger partial charge in [0, 0.05) is 75.6 Å². The molecule has 1 aliphatic rings. The van der Waals surface area contributed by atoms with Crippen LogP contribution in [0.15, 0.2) is 224 Å². The third-order valence-corrected chi connectivity index (χ3v) is 15.7. The van der Waals surface area contributed by atoms with Crippen molar-refractivity contribution < 1.29 is 0 Å². The van der Waals surface area contributed by atoms with Crippen molar-refractivity contribution in [3.8, 4) is 33.6 Å². The Morgan fingerprint density at radius 3 is 1.76 bits per heavy atom. The smallest absolute Gasteiger partial charge is 0.0555 e. The summed E-state index contributed by atoms with van der Waals surface area (Å²) in [4.78, 5) is 2.45. The lowest BCUT2D eigenvalue weighted by molar-refractivity contribution is 0.660. The van der Waals surface area contributed by atoms with Crippen molar-refractivity contribution in [2.75, 3.05) is 4.90 Å². The van der Waals surface area contributed by atoms with Crippen LogP contribution in [0.25, 0.3) is 97.4 Å². The minimum atomic E-state index is -0.131. The summed E-state index contributed by atoms with van der Waals surface area (Å²) >= 11 is 1.90. The Labute approximate surface area is 392 Å². The first kappa shape index (κ1) is 38.1. The van der Waals surface area contributed by atoms with E-state index in [0.717, 1.165) is 28.4 Å². The molecule has 14 rings (SSSR count). The molecule has 0 saturated carbocycles. The normalized spacial score (nSPS) is 13.0. The zero-order valence-electron chi connectivity index (χ0n) is 37.1. The van der Waals surface area contributed by atoms with Crippen LogP contribution < -0.4 is 4.90 Å². The Morgan fingerprint density at radius 1 is 0.373 bits per heavy atom. The molecule has 0 bridgehead atoms. The molecule has 0 radical (unpaired) electrons. The lowest BCUT2D eigenvalue weighted by Crippen LogP contribution is -2.16. The van der Waals surface area contributed by atoms with Gasteiger partial charge in [-0.2, -0.15) is 0 Å². The number of aromatic nitrogens is 2. The van der Waals surface area contributed by atoms with Gasteiger partial charge in [-0.15, -0.1) is 11.3 Å². The number of benzene rings is 10. The predicted molar refractivity (Wildman–Crippen MR) is 286 cm³/mol. The van der Waals surface area contributed by atoms with Gasteiger partial charge >= 0.3 is 0 Å². The molecule has 0 N–H and O–H groups in total. The van der Waals surface area contributed by atoms with Crippen LogP contribution in [-0.2, 0) is 5.41 Å². The monoisotopic (exact) mass is 873 g/mol. The molecule has 0 fully saturated rings. The molecule has 0 unspecified atom stereocenters. The van der Waals surface area contributed by atoms with Crippen LogP contribution in [0.5, 0.6) is 0 Å². The summed E-state index contributed by atoms with van der Waals surface area (Å²) in [5.74, 6) is 0. The molecular formula is C63H43N3S. The lowest BCUT2D eigenvalue weighted by Gasteiger charge is -2.28. The maximum atomic E-state index is 2.45. The zero-order valence-corrected chi connectivity index (χ0v) is 37.9. The van der Waals surface area contributed by atoms with Crippen LogP contribution in [0.3, 0.4) is 0 Å². The highest BCUT2D eigenvalue weighted by Gasteiger charge is 2.36. The number of rotatable bonds is 6. The number of hydrogen-bond donors (Lipinski definition) is 0. The van der Waals surface area contributed by atoms with Crippen molar-refractivity contribution in [2.45, 2.75) is 19.3 Å². The molecule has 67 heavy (non-hydrogen) atoms. The lowest BCUT2D eigenvalue weighted by atomic mass is 9.82. The number of para-hydroxylation sites is 3. The van der Waals surface area contributed by atoms with Gasteiger partial charge in [0.1, 0.15) is 0 Å². The second kappa shape index (κ2) is 14.4. The van der Waals surface area contributed by atoms with Crippen LogP contribution in [-0.4, -0.2) is 9.13 Å². The zero-order chi connectivity index (χ0) is 44.4. The summed E-state index contributed by atoms with van der Waals surface area (Å²) in [5.41, 5.74) is 18.1. The molecule has 0 atom stereocenters. The third-order valence-electron chi connectivity index (χ3n) is 14.5. The maximum Gasteiger partial charge on any atom is 0.0555 e. The van der Waals surface area contributed by atoms with Crippen molar-refractivity contribution in [2.24, 2.45) is 0 Å². The largest absolute Gasteiger partial charge is 0.310 e. The van der Waals surface area contributed by atoms with Crippen molar-refractivity contribution in [3.05, 3.63) is 236 Å².